The van der Waals surface area contributed by atoms with Gasteiger partial charge in [-0.2, -0.15) is 4.31 Å². The Bertz CT molecular complexity index is 1170. The van der Waals surface area contributed by atoms with Crippen LogP contribution in [-0.4, -0.2) is 32.2 Å². The van der Waals surface area contributed by atoms with Crippen molar-refractivity contribution < 1.29 is 13.2 Å². The number of carbonyl (C=O) groups is 1. The fourth-order valence-electron chi connectivity index (χ4n) is 2.88. The van der Waals surface area contributed by atoms with Crippen LogP contribution in [0.2, 0.25) is 15.1 Å². The van der Waals surface area contributed by atoms with E-state index in [9.17, 15) is 13.2 Å². The second kappa shape index (κ2) is 10.0. The highest BCUT2D eigenvalue weighted by Gasteiger charge is 2.28. The molecule has 0 heterocycles. The molecule has 0 atom stereocenters. The van der Waals surface area contributed by atoms with Crippen molar-refractivity contribution in [2.45, 2.75) is 11.4 Å². The molecule has 3 aromatic carbocycles. The van der Waals surface area contributed by atoms with Crippen LogP contribution < -0.4 is 4.90 Å². The van der Waals surface area contributed by atoms with E-state index in [1.165, 1.54) is 29.2 Å². The molecule has 0 radical (unpaired) electrons. The summed E-state index contributed by atoms with van der Waals surface area (Å²) in [4.78, 5) is 14.4. The number of sulfonamides is 1. The predicted molar refractivity (Wildman–Crippen MR) is 125 cm³/mol. The molecule has 0 saturated heterocycles. The fourth-order valence-corrected chi connectivity index (χ4v) is 4.70. The molecule has 0 unspecified atom stereocenters. The number of benzene rings is 3. The van der Waals surface area contributed by atoms with Gasteiger partial charge in [-0.05, 0) is 54.1 Å². The first kappa shape index (κ1) is 23.6. The Labute approximate surface area is 196 Å². The van der Waals surface area contributed by atoms with E-state index in [1.807, 2.05) is 6.07 Å². The first-order valence-corrected chi connectivity index (χ1v) is 11.8. The molecule has 162 valence electrons. The van der Waals surface area contributed by atoms with Gasteiger partial charge >= 0.3 is 0 Å². The summed E-state index contributed by atoms with van der Waals surface area (Å²) in [5.74, 6) is -0.385. The van der Waals surface area contributed by atoms with Crippen LogP contribution in [0.1, 0.15) is 5.56 Å². The summed E-state index contributed by atoms with van der Waals surface area (Å²) in [6.07, 6.45) is 0. The smallest absolute Gasteiger partial charge is 0.243 e. The van der Waals surface area contributed by atoms with Crippen molar-refractivity contribution in [3.63, 3.8) is 0 Å². The number of hydrogen-bond acceptors (Lipinski definition) is 3. The highest BCUT2D eigenvalue weighted by atomic mass is 35.5. The fraction of sp³-hybridized carbons (Fsp3) is 0.136. The largest absolute Gasteiger partial charge is 0.314 e. The summed E-state index contributed by atoms with van der Waals surface area (Å²) in [5.41, 5.74) is 1.26. The van der Waals surface area contributed by atoms with Crippen molar-refractivity contribution in [3.05, 3.63) is 93.4 Å². The monoisotopic (exact) mass is 496 g/mol. The maximum atomic E-state index is 13.3. The molecule has 31 heavy (non-hydrogen) atoms. The van der Waals surface area contributed by atoms with Gasteiger partial charge in [-0.15, -0.1) is 0 Å². The van der Waals surface area contributed by atoms with Crippen LogP contribution in [0.3, 0.4) is 0 Å². The van der Waals surface area contributed by atoms with Crippen molar-refractivity contribution in [1.29, 1.82) is 0 Å². The minimum Gasteiger partial charge on any atom is -0.314 e. The number of nitrogens with zero attached hydrogens (tertiary/aromatic N) is 2. The Morgan fingerprint density at radius 1 is 0.871 bits per heavy atom. The maximum Gasteiger partial charge on any atom is 0.243 e. The van der Waals surface area contributed by atoms with Gasteiger partial charge in [0.2, 0.25) is 15.9 Å². The molecule has 0 bridgehead atoms. The summed E-state index contributed by atoms with van der Waals surface area (Å²) in [5, 5.41) is 1.07. The molecule has 0 saturated carbocycles. The molecule has 0 aliphatic carbocycles. The highest BCUT2D eigenvalue weighted by molar-refractivity contribution is 7.89. The third-order valence-electron chi connectivity index (χ3n) is 4.62. The highest BCUT2D eigenvalue weighted by Crippen LogP contribution is 2.26. The molecular formula is C22H19Cl3N2O3S. The molecule has 5 nitrogen and oxygen atoms in total. The quantitative estimate of drug-likeness (QED) is 0.433. The van der Waals surface area contributed by atoms with Crippen molar-refractivity contribution in [1.82, 2.24) is 4.31 Å². The van der Waals surface area contributed by atoms with Crippen molar-refractivity contribution in [2.24, 2.45) is 0 Å². The Kier molecular flexibility index (Phi) is 7.62. The number of likely N-dealkylation sites (N-methyl/N-ethyl adjacent to an activating group) is 1. The first-order valence-electron chi connectivity index (χ1n) is 9.20. The Balaban J connectivity index is 1.94. The molecular weight excluding hydrogens is 479 g/mol. The third-order valence-corrected chi connectivity index (χ3v) is 7.42. The second-order valence-corrected chi connectivity index (χ2v) is 9.95. The van der Waals surface area contributed by atoms with Crippen molar-refractivity contribution in [2.75, 3.05) is 18.5 Å². The summed E-state index contributed by atoms with van der Waals surface area (Å²) < 4.78 is 27.8. The van der Waals surface area contributed by atoms with Gasteiger partial charge in [-0.25, -0.2) is 8.42 Å². The van der Waals surface area contributed by atoms with Crippen LogP contribution in [-0.2, 0) is 21.4 Å². The SMILES string of the molecule is CN(C(=O)CN(Cc1ccc(Cl)c(Cl)c1)S(=O)(=O)c1ccc(Cl)cc1)c1ccccc1. The average molecular weight is 498 g/mol. The van der Waals surface area contributed by atoms with Crippen LogP contribution >= 0.6 is 34.8 Å². The van der Waals surface area contributed by atoms with Crippen molar-refractivity contribution >= 4 is 56.4 Å². The second-order valence-electron chi connectivity index (χ2n) is 6.76. The lowest BCUT2D eigenvalue weighted by Gasteiger charge is -2.25. The van der Waals surface area contributed by atoms with Crippen LogP contribution in [0.15, 0.2) is 77.7 Å². The predicted octanol–water partition coefficient (Wildman–Crippen LogP) is 5.50. The Hall–Kier alpha value is -2.09. The molecule has 9 heteroatoms. The molecule has 3 rings (SSSR count). The molecule has 0 aliphatic heterocycles. The van der Waals surface area contributed by atoms with Crippen molar-refractivity contribution in [3.8, 4) is 0 Å². The third kappa shape index (κ3) is 5.79. The molecule has 0 aliphatic rings. The summed E-state index contributed by atoms with van der Waals surface area (Å²) in [6, 6.07) is 19.6. The van der Waals surface area contributed by atoms with Gasteiger partial charge < -0.3 is 4.90 Å². The number of carbonyl (C=O) groups excluding carboxylic acids is 1. The van der Waals surface area contributed by atoms with E-state index in [0.29, 0.717) is 26.3 Å². The van der Waals surface area contributed by atoms with Crippen LogP contribution in [0.4, 0.5) is 5.69 Å². The zero-order valence-electron chi connectivity index (χ0n) is 16.5. The van der Waals surface area contributed by atoms with E-state index in [0.717, 1.165) is 4.31 Å². The van der Waals surface area contributed by atoms with Gasteiger partial charge in [0, 0.05) is 24.3 Å². The Morgan fingerprint density at radius 2 is 1.52 bits per heavy atom. The lowest BCUT2D eigenvalue weighted by atomic mass is 10.2. The standard InChI is InChI=1S/C22H19Cl3N2O3S/c1-26(18-5-3-2-4-6-18)22(28)15-27(14-16-7-12-20(24)21(25)13-16)31(29,30)19-10-8-17(23)9-11-19/h2-13H,14-15H2,1H3. The number of anilines is 1. The lowest BCUT2D eigenvalue weighted by Crippen LogP contribution is -2.41. The van der Waals surface area contributed by atoms with Crippen LogP contribution in [0.5, 0.6) is 0 Å². The van der Waals surface area contributed by atoms with E-state index in [-0.39, 0.29) is 23.9 Å². The number of para-hydroxylation sites is 1. The summed E-state index contributed by atoms with van der Waals surface area (Å²) >= 11 is 18.0. The molecule has 1 amide bonds. The van der Waals surface area contributed by atoms with E-state index in [4.69, 9.17) is 34.8 Å². The van der Waals surface area contributed by atoms with Gasteiger partial charge in [0.1, 0.15) is 0 Å². The van der Waals surface area contributed by atoms with Gasteiger partial charge in [0.15, 0.2) is 0 Å². The molecule has 3 aromatic rings. The number of hydrogen-bond donors (Lipinski definition) is 0. The summed E-state index contributed by atoms with van der Waals surface area (Å²) in [6.45, 7) is -0.424. The average Bonchev–Trinajstić information content (AvgIpc) is 2.76. The molecule has 0 N–H and O–H groups in total. The zero-order chi connectivity index (χ0) is 22.6. The molecule has 0 spiro atoms. The first-order chi connectivity index (χ1) is 14.7. The van der Waals surface area contributed by atoms with E-state index >= 15 is 0 Å². The van der Waals surface area contributed by atoms with Gasteiger partial charge in [-0.3, -0.25) is 4.79 Å². The zero-order valence-corrected chi connectivity index (χ0v) is 19.6. The van der Waals surface area contributed by atoms with E-state index < -0.39 is 10.0 Å². The van der Waals surface area contributed by atoms with Crippen LogP contribution in [0.25, 0.3) is 0 Å². The van der Waals surface area contributed by atoms with E-state index in [2.05, 4.69) is 0 Å². The maximum absolute atomic E-state index is 13.3. The molecule has 0 aromatic heterocycles. The molecule has 0 fully saturated rings. The Morgan fingerprint density at radius 3 is 2.13 bits per heavy atom. The number of amides is 1. The number of halogens is 3. The van der Waals surface area contributed by atoms with Gasteiger partial charge in [0.25, 0.3) is 0 Å². The lowest BCUT2D eigenvalue weighted by molar-refractivity contribution is -0.118. The minimum absolute atomic E-state index is 0.0344. The summed E-state index contributed by atoms with van der Waals surface area (Å²) in [7, 11) is -2.40. The topological polar surface area (TPSA) is 57.7 Å². The van der Waals surface area contributed by atoms with Gasteiger partial charge in [0.05, 0.1) is 21.5 Å². The normalized spacial score (nSPS) is 11.5. The van der Waals surface area contributed by atoms with Gasteiger partial charge in [-0.1, -0.05) is 59.1 Å². The van der Waals surface area contributed by atoms with E-state index in [1.54, 1.807) is 49.5 Å². The van der Waals surface area contributed by atoms with Crippen LogP contribution in [0, 0.1) is 0 Å². The number of rotatable bonds is 7. The minimum atomic E-state index is -4.00.